The molecular formula is C12H16ClN3. The molecule has 0 radical (unpaired) electrons. The summed E-state index contributed by atoms with van der Waals surface area (Å²) in [4.78, 5) is 8.40. The van der Waals surface area contributed by atoms with Crippen LogP contribution < -0.4 is 0 Å². The molecule has 0 spiro atoms. The van der Waals surface area contributed by atoms with Crippen LogP contribution in [0, 0.1) is 0 Å². The standard InChI is InChI=1S/C12H16ClN3/c1-4-8(3)16-6-9(5-2)10-11(13)14-7-15-12(10)16/h6-8H,4-5H2,1-3H3. The molecule has 0 amide bonds. The quantitative estimate of drug-likeness (QED) is 0.764. The lowest BCUT2D eigenvalue weighted by Gasteiger charge is -2.11. The van der Waals surface area contributed by atoms with E-state index in [0.29, 0.717) is 11.2 Å². The van der Waals surface area contributed by atoms with Crippen molar-refractivity contribution in [3.8, 4) is 0 Å². The van der Waals surface area contributed by atoms with Gasteiger partial charge < -0.3 is 4.57 Å². The number of aromatic nitrogens is 3. The minimum Gasteiger partial charge on any atom is -0.329 e. The van der Waals surface area contributed by atoms with Gasteiger partial charge in [0.25, 0.3) is 0 Å². The lowest BCUT2D eigenvalue weighted by atomic mass is 10.2. The number of rotatable bonds is 3. The first-order valence-electron chi connectivity index (χ1n) is 5.68. The molecule has 4 heteroatoms. The Bertz CT molecular complexity index is 504. The average Bonchev–Trinajstić information content (AvgIpc) is 2.68. The Kier molecular flexibility index (Phi) is 3.15. The normalized spacial score (nSPS) is 13.2. The zero-order valence-corrected chi connectivity index (χ0v) is 10.6. The maximum Gasteiger partial charge on any atom is 0.145 e. The molecular weight excluding hydrogens is 222 g/mol. The van der Waals surface area contributed by atoms with Gasteiger partial charge in [0.1, 0.15) is 17.1 Å². The highest BCUT2D eigenvalue weighted by atomic mass is 35.5. The Morgan fingerprint density at radius 3 is 2.75 bits per heavy atom. The second-order valence-corrected chi connectivity index (χ2v) is 4.39. The fraction of sp³-hybridized carbons (Fsp3) is 0.500. The highest BCUT2D eigenvalue weighted by Gasteiger charge is 2.14. The second-order valence-electron chi connectivity index (χ2n) is 4.04. The van der Waals surface area contributed by atoms with Gasteiger partial charge in [-0.05, 0) is 25.3 Å². The molecule has 3 nitrogen and oxygen atoms in total. The first-order valence-corrected chi connectivity index (χ1v) is 6.06. The molecule has 86 valence electrons. The van der Waals surface area contributed by atoms with Gasteiger partial charge in [0.15, 0.2) is 0 Å². The molecule has 0 aromatic carbocycles. The van der Waals surface area contributed by atoms with Crippen LogP contribution in [0.5, 0.6) is 0 Å². The molecule has 2 heterocycles. The third-order valence-corrected chi connectivity index (χ3v) is 3.37. The highest BCUT2D eigenvalue weighted by molar-refractivity contribution is 6.34. The van der Waals surface area contributed by atoms with Crippen LogP contribution in [0.25, 0.3) is 11.0 Å². The Balaban J connectivity index is 2.73. The van der Waals surface area contributed by atoms with E-state index >= 15 is 0 Å². The smallest absolute Gasteiger partial charge is 0.145 e. The molecule has 0 N–H and O–H groups in total. The maximum absolute atomic E-state index is 6.14. The fourth-order valence-corrected chi connectivity index (χ4v) is 2.17. The fourth-order valence-electron chi connectivity index (χ4n) is 1.92. The van der Waals surface area contributed by atoms with Gasteiger partial charge in [0.2, 0.25) is 0 Å². The van der Waals surface area contributed by atoms with E-state index < -0.39 is 0 Å². The van der Waals surface area contributed by atoms with Crippen molar-refractivity contribution >= 4 is 22.6 Å². The molecule has 0 fully saturated rings. The predicted molar refractivity (Wildman–Crippen MR) is 66.9 cm³/mol. The van der Waals surface area contributed by atoms with Crippen molar-refractivity contribution < 1.29 is 0 Å². The van der Waals surface area contributed by atoms with Crippen LogP contribution in [0.4, 0.5) is 0 Å². The van der Waals surface area contributed by atoms with E-state index in [4.69, 9.17) is 11.6 Å². The van der Waals surface area contributed by atoms with Crippen LogP contribution in [0.15, 0.2) is 12.5 Å². The zero-order valence-electron chi connectivity index (χ0n) is 9.87. The monoisotopic (exact) mass is 237 g/mol. The van der Waals surface area contributed by atoms with Crippen LogP contribution in [0.1, 0.15) is 38.8 Å². The van der Waals surface area contributed by atoms with E-state index in [2.05, 4.69) is 41.5 Å². The summed E-state index contributed by atoms with van der Waals surface area (Å²) in [6.45, 7) is 6.48. The molecule has 0 bridgehead atoms. The largest absolute Gasteiger partial charge is 0.329 e. The van der Waals surface area contributed by atoms with Gasteiger partial charge in [-0.1, -0.05) is 25.4 Å². The van der Waals surface area contributed by atoms with Gasteiger partial charge in [-0.15, -0.1) is 0 Å². The molecule has 0 saturated heterocycles. The van der Waals surface area contributed by atoms with Crippen LogP contribution in [0.2, 0.25) is 5.15 Å². The van der Waals surface area contributed by atoms with Crippen molar-refractivity contribution in [2.45, 2.75) is 39.7 Å². The molecule has 2 aromatic rings. The van der Waals surface area contributed by atoms with Gasteiger partial charge in [0.05, 0.1) is 5.39 Å². The van der Waals surface area contributed by atoms with Gasteiger partial charge in [-0.3, -0.25) is 0 Å². The summed E-state index contributed by atoms with van der Waals surface area (Å²) in [7, 11) is 0. The van der Waals surface area contributed by atoms with E-state index in [1.54, 1.807) is 0 Å². The summed E-state index contributed by atoms with van der Waals surface area (Å²) in [5.74, 6) is 0. The number of nitrogens with zero attached hydrogens (tertiary/aromatic N) is 3. The Labute approximate surface area is 100 Å². The third-order valence-electron chi connectivity index (χ3n) is 3.09. The maximum atomic E-state index is 6.14. The number of halogens is 1. The average molecular weight is 238 g/mol. The van der Waals surface area contributed by atoms with Crippen LogP contribution in [0.3, 0.4) is 0 Å². The Morgan fingerprint density at radius 1 is 1.38 bits per heavy atom. The number of hydrogen-bond acceptors (Lipinski definition) is 2. The van der Waals surface area contributed by atoms with Crippen molar-refractivity contribution in [2.24, 2.45) is 0 Å². The lowest BCUT2D eigenvalue weighted by molar-refractivity contribution is 0.543. The molecule has 0 aliphatic rings. The van der Waals surface area contributed by atoms with Crippen molar-refractivity contribution in [1.29, 1.82) is 0 Å². The molecule has 0 aliphatic heterocycles. The molecule has 2 aromatic heterocycles. The van der Waals surface area contributed by atoms with Crippen molar-refractivity contribution in [3.63, 3.8) is 0 Å². The van der Waals surface area contributed by atoms with Crippen molar-refractivity contribution in [1.82, 2.24) is 14.5 Å². The highest BCUT2D eigenvalue weighted by Crippen LogP contribution is 2.28. The second kappa shape index (κ2) is 4.42. The van der Waals surface area contributed by atoms with Crippen molar-refractivity contribution in [2.75, 3.05) is 0 Å². The number of hydrogen-bond donors (Lipinski definition) is 0. The van der Waals surface area contributed by atoms with E-state index in [9.17, 15) is 0 Å². The summed E-state index contributed by atoms with van der Waals surface area (Å²) in [5, 5.41) is 1.57. The van der Waals surface area contributed by atoms with Crippen LogP contribution >= 0.6 is 11.6 Å². The van der Waals surface area contributed by atoms with E-state index in [1.807, 2.05) is 0 Å². The zero-order chi connectivity index (χ0) is 11.7. The van der Waals surface area contributed by atoms with Crippen LogP contribution in [-0.4, -0.2) is 14.5 Å². The third kappa shape index (κ3) is 1.69. The summed E-state index contributed by atoms with van der Waals surface area (Å²) in [6, 6.07) is 0.439. The molecule has 1 unspecified atom stereocenters. The number of fused-ring (bicyclic) bond motifs is 1. The summed E-state index contributed by atoms with van der Waals surface area (Å²) in [5.41, 5.74) is 2.17. The molecule has 0 saturated carbocycles. The van der Waals surface area contributed by atoms with E-state index in [-0.39, 0.29) is 0 Å². The Morgan fingerprint density at radius 2 is 2.12 bits per heavy atom. The first-order chi connectivity index (χ1) is 7.69. The summed E-state index contributed by atoms with van der Waals surface area (Å²) < 4.78 is 2.20. The van der Waals surface area contributed by atoms with Crippen LogP contribution in [-0.2, 0) is 6.42 Å². The SMILES string of the molecule is CCc1cn(C(C)CC)c2ncnc(Cl)c12. The van der Waals surface area contributed by atoms with Gasteiger partial charge in [0, 0.05) is 12.2 Å². The minimum absolute atomic E-state index is 0.439. The van der Waals surface area contributed by atoms with E-state index in [0.717, 1.165) is 23.9 Å². The molecule has 16 heavy (non-hydrogen) atoms. The summed E-state index contributed by atoms with van der Waals surface area (Å²) >= 11 is 6.14. The molecule has 2 rings (SSSR count). The first kappa shape index (κ1) is 11.4. The van der Waals surface area contributed by atoms with Crippen molar-refractivity contribution in [3.05, 3.63) is 23.2 Å². The summed E-state index contributed by atoms with van der Waals surface area (Å²) in [6.07, 6.45) is 5.71. The molecule has 0 aliphatic carbocycles. The minimum atomic E-state index is 0.439. The Hall–Kier alpha value is -1.09. The number of aryl methyl sites for hydroxylation is 1. The van der Waals surface area contributed by atoms with E-state index in [1.165, 1.54) is 11.9 Å². The van der Waals surface area contributed by atoms with Gasteiger partial charge in [-0.25, -0.2) is 9.97 Å². The topological polar surface area (TPSA) is 30.7 Å². The van der Waals surface area contributed by atoms with Gasteiger partial charge in [-0.2, -0.15) is 0 Å². The van der Waals surface area contributed by atoms with Gasteiger partial charge >= 0.3 is 0 Å². The molecule has 1 atom stereocenters. The predicted octanol–water partition coefficient (Wildman–Crippen LogP) is 3.62. The lowest BCUT2D eigenvalue weighted by Crippen LogP contribution is -2.02.